The molecule has 0 bridgehead atoms. The Morgan fingerprint density at radius 1 is 1.19 bits per heavy atom. The Hall–Kier alpha value is -1.35. The van der Waals surface area contributed by atoms with Crippen LogP contribution in [-0.2, 0) is 9.59 Å². The van der Waals surface area contributed by atoms with E-state index >= 15 is 0 Å². The van der Waals surface area contributed by atoms with Crippen molar-refractivity contribution in [2.45, 2.75) is 19.9 Å². The molecule has 1 amide bonds. The first-order valence-corrected chi connectivity index (χ1v) is 5.45. The molecule has 0 aromatic heterocycles. The molecule has 1 N–H and O–H groups in total. The minimum Gasteiger partial charge on any atom is -0.341 e. The highest BCUT2D eigenvalue weighted by molar-refractivity contribution is 6.64. The average molecular weight is 240 g/mol. The van der Waals surface area contributed by atoms with Gasteiger partial charge in [-0.05, 0) is 17.2 Å². The molecule has 1 unspecified atom stereocenters. The molecule has 0 radical (unpaired) electrons. The number of hydrogen-bond donors (Lipinski definition) is 1. The maximum atomic E-state index is 11.5. The third-order valence-electron chi connectivity index (χ3n) is 2.17. The van der Waals surface area contributed by atoms with Crippen LogP contribution in [0.2, 0.25) is 0 Å². The van der Waals surface area contributed by atoms with Crippen LogP contribution in [0.1, 0.15) is 25.5 Å². The summed E-state index contributed by atoms with van der Waals surface area (Å²) in [5.41, 5.74) is 0.691. The van der Waals surface area contributed by atoms with Gasteiger partial charge in [0.1, 0.15) is 6.04 Å². The van der Waals surface area contributed by atoms with Gasteiger partial charge in [0.2, 0.25) is 11.1 Å². The number of amides is 1. The average Bonchev–Trinajstić information content (AvgIpc) is 2.26. The Kier molecular flexibility index (Phi) is 4.50. The molecule has 0 aliphatic rings. The van der Waals surface area contributed by atoms with E-state index in [1.54, 1.807) is 38.1 Å². The van der Waals surface area contributed by atoms with E-state index in [-0.39, 0.29) is 11.8 Å². The minimum atomic E-state index is -0.766. The zero-order chi connectivity index (χ0) is 12.1. The number of hydrogen-bond acceptors (Lipinski definition) is 2. The van der Waals surface area contributed by atoms with Gasteiger partial charge in [0.05, 0.1) is 0 Å². The van der Waals surface area contributed by atoms with Crippen LogP contribution in [-0.4, -0.2) is 11.1 Å². The van der Waals surface area contributed by atoms with Gasteiger partial charge in [0.15, 0.2) is 0 Å². The lowest BCUT2D eigenvalue weighted by atomic mass is 10.1. The summed E-state index contributed by atoms with van der Waals surface area (Å²) in [6.45, 7) is 3.52. The molecule has 86 valence electrons. The first-order chi connectivity index (χ1) is 7.52. The Morgan fingerprint density at radius 2 is 1.75 bits per heavy atom. The second-order valence-electron chi connectivity index (χ2n) is 3.81. The number of nitrogens with one attached hydrogen (secondary N) is 1. The van der Waals surface area contributed by atoms with Crippen LogP contribution in [0.3, 0.4) is 0 Å². The van der Waals surface area contributed by atoms with Gasteiger partial charge in [0.25, 0.3) is 0 Å². The van der Waals surface area contributed by atoms with E-state index in [0.29, 0.717) is 5.56 Å². The maximum absolute atomic E-state index is 11.5. The minimum absolute atomic E-state index is 0.178. The van der Waals surface area contributed by atoms with Crippen molar-refractivity contribution < 1.29 is 9.59 Å². The third-order valence-corrected chi connectivity index (χ3v) is 2.39. The highest BCUT2D eigenvalue weighted by Crippen LogP contribution is 2.16. The summed E-state index contributed by atoms with van der Waals surface area (Å²) in [5, 5.41) is 2.03. The largest absolute Gasteiger partial charge is 0.341 e. The van der Waals surface area contributed by atoms with Gasteiger partial charge in [0, 0.05) is 5.92 Å². The normalized spacial score (nSPS) is 12.2. The van der Waals surface area contributed by atoms with Crippen LogP contribution in [0.25, 0.3) is 0 Å². The fourth-order valence-electron chi connectivity index (χ4n) is 1.23. The Morgan fingerprint density at radius 3 is 2.19 bits per heavy atom. The van der Waals surface area contributed by atoms with Crippen molar-refractivity contribution >= 4 is 22.8 Å². The van der Waals surface area contributed by atoms with E-state index in [0.717, 1.165) is 0 Å². The zero-order valence-corrected chi connectivity index (χ0v) is 9.99. The molecule has 4 heteroatoms. The summed E-state index contributed by atoms with van der Waals surface area (Å²) in [5.74, 6) is -0.370. The summed E-state index contributed by atoms with van der Waals surface area (Å²) in [6.07, 6.45) is 0. The van der Waals surface area contributed by atoms with Gasteiger partial charge in [-0.15, -0.1) is 0 Å². The zero-order valence-electron chi connectivity index (χ0n) is 9.24. The van der Waals surface area contributed by atoms with Gasteiger partial charge in [-0.1, -0.05) is 44.2 Å². The third kappa shape index (κ3) is 3.35. The highest BCUT2D eigenvalue weighted by atomic mass is 35.5. The number of halogens is 1. The predicted molar refractivity (Wildman–Crippen MR) is 63.0 cm³/mol. The molecule has 0 heterocycles. The highest BCUT2D eigenvalue weighted by Gasteiger charge is 2.21. The van der Waals surface area contributed by atoms with Crippen molar-refractivity contribution in [2.75, 3.05) is 0 Å². The smallest absolute Gasteiger partial charge is 0.248 e. The molecule has 0 aliphatic heterocycles. The fourth-order valence-corrected chi connectivity index (χ4v) is 1.41. The summed E-state index contributed by atoms with van der Waals surface area (Å²) in [6, 6.07) is 8.17. The van der Waals surface area contributed by atoms with Crippen LogP contribution < -0.4 is 5.32 Å². The van der Waals surface area contributed by atoms with Gasteiger partial charge in [-0.3, -0.25) is 9.59 Å². The molecule has 1 rings (SSSR count). The molecule has 0 fully saturated rings. The standard InChI is InChI=1S/C12H14ClNO2/c1-8(2)12(16)14-10(11(13)15)9-6-4-3-5-7-9/h3-8,10H,1-2H3,(H,14,16). The Labute approximate surface area is 99.8 Å². The number of carbonyl (C=O) groups is 2. The second-order valence-corrected chi connectivity index (χ2v) is 4.18. The van der Waals surface area contributed by atoms with Crippen molar-refractivity contribution in [2.24, 2.45) is 5.92 Å². The lowest BCUT2D eigenvalue weighted by Gasteiger charge is -2.16. The molecule has 16 heavy (non-hydrogen) atoms. The van der Waals surface area contributed by atoms with Crippen molar-refractivity contribution in [1.29, 1.82) is 0 Å². The van der Waals surface area contributed by atoms with Gasteiger partial charge >= 0.3 is 0 Å². The van der Waals surface area contributed by atoms with Crippen molar-refractivity contribution in [3.05, 3.63) is 35.9 Å². The molecular weight excluding hydrogens is 226 g/mol. The van der Waals surface area contributed by atoms with Crippen LogP contribution in [0.4, 0.5) is 0 Å². The molecule has 0 saturated heterocycles. The topological polar surface area (TPSA) is 46.2 Å². The first-order valence-electron chi connectivity index (χ1n) is 5.07. The molecule has 3 nitrogen and oxygen atoms in total. The predicted octanol–water partition coefficient (Wildman–Crippen LogP) is 2.27. The fraction of sp³-hybridized carbons (Fsp3) is 0.333. The number of carbonyl (C=O) groups excluding carboxylic acids is 2. The van der Waals surface area contributed by atoms with Gasteiger partial charge in [-0.25, -0.2) is 0 Å². The van der Waals surface area contributed by atoms with Crippen LogP contribution in [0.15, 0.2) is 30.3 Å². The van der Waals surface area contributed by atoms with E-state index in [4.69, 9.17) is 11.6 Å². The first kappa shape index (κ1) is 12.7. The maximum Gasteiger partial charge on any atom is 0.248 e. The molecule has 0 aliphatic carbocycles. The van der Waals surface area contributed by atoms with E-state index < -0.39 is 11.3 Å². The van der Waals surface area contributed by atoms with E-state index in [2.05, 4.69) is 5.32 Å². The monoisotopic (exact) mass is 239 g/mol. The second kappa shape index (κ2) is 5.66. The van der Waals surface area contributed by atoms with Crippen molar-refractivity contribution in [3.8, 4) is 0 Å². The quantitative estimate of drug-likeness (QED) is 0.820. The van der Waals surface area contributed by atoms with Crippen LogP contribution in [0, 0.1) is 5.92 Å². The summed E-state index contributed by atoms with van der Waals surface area (Å²) < 4.78 is 0. The Balaban J connectivity index is 2.85. The molecular formula is C12H14ClNO2. The lowest BCUT2D eigenvalue weighted by molar-refractivity contribution is -0.127. The van der Waals surface area contributed by atoms with Crippen molar-refractivity contribution in [1.82, 2.24) is 5.32 Å². The summed E-state index contributed by atoms with van der Waals surface area (Å²) in [4.78, 5) is 22.8. The van der Waals surface area contributed by atoms with E-state index in [1.165, 1.54) is 0 Å². The SMILES string of the molecule is CC(C)C(=O)NC(C(=O)Cl)c1ccccc1. The van der Waals surface area contributed by atoms with Crippen molar-refractivity contribution in [3.63, 3.8) is 0 Å². The molecule has 0 saturated carbocycles. The number of benzene rings is 1. The molecule has 1 aromatic carbocycles. The van der Waals surface area contributed by atoms with Gasteiger partial charge in [-0.2, -0.15) is 0 Å². The molecule has 0 spiro atoms. The summed E-state index contributed by atoms with van der Waals surface area (Å²) >= 11 is 5.47. The molecule has 1 aromatic rings. The van der Waals surface area contributed by atoms with E-state index in [1.807, 2.05) is 6.07 Å². The Bertz CT molecular complexity index is 376. The lowest BCUT2D eigenvalue weighted by Crippen LogP contribution is -2.34. The van der Waals surface area contributed by atoms with Gasteiger partial charge < -0.3 is 5.32 Å². The van der Waals surface area contributed by atoms with Crippen LogP contribution >= 0.6 is 11.6 Å². The van der Waals surface area contributed by atoms with E-state index in [9.17, 15) is 9.59 Å². The van der Waals surface area contributed by atoms with Crippen LogP contribution in [0.5, 0.6) is 0 Å². The number of rotatable bonds is 4. The molecule has 1 atom stereocenters. The summed E-state index contributed by atoms with van der Waals surface area (Å²) in [7, 11) is 0.